The van der Waals surface area contributed by atoms with E-state index in [4.69, 9.17) is 0 Å². The van der Waals surface area contributed by atoms with Crippen molar-refractivity contribution in [2.75, 3.05) is 0 Å². The van der Waals surface area contributed by atoms with Crippen molar-refractivity contribution in [2.45, 2.75) is 0 Å². The molecule has 0 unspecified atom stereocenters. The minimum atomic E-state index is 1.96. The Morgan fingerprint density at radius 2 is 1.50 bits per heavy atom. The third kappa shape index (κ3) is 9.59. The summed E-state index contributed by atoms with van der Waals surface area (Å²) in [6.07, 6.45) is 0. The third-order valence-electron chi connectivity index (χ3n) is 0. The van der Waals surface area contributed by atoms with Crippen molar-refractivity contribution in [3.05, 3.63) is 0 Å². The van der Waals surface area contributed by atoms with Gasteiger partial charge in [-0.2, -0.15) is 0 Å². The molecule has 0 aliphatic heterocycles. The second-order valence-electron chi connectivity index (χ2n) is 0. The first-order valence-corrected chi connectivity index (χ1v) is 5.39. The maximum absolute atomic E-state index is 3.83. The van der Waals surface area contributed by atoms with E-state index in [9.17, 15) is 0 Å². The van der Waals surface area contributed by atoms with Crippen LogP contribution in [0.1, 0.15) is 0 Å². The molecular weight excluding hydrogens is 279 g/mol. The summed E-state index contributed by atoms with van der Waals surface area (Å²) in [7, 11) is 0. The van der Waals surface area contributed by atoms with Crippen LogP contribution in [-0.2, 0) is 17.3 Å². The summed E-state index contributed by atoms with van der Waals surface area (Å²) in [5.74, 6) is 2.83. The van der Waals surface area contributed by atoms with Gasteiger partial charge in [0.05, 0.1) is 0 Å². The Kier molecular flexibility index (Phi) is 54.2. The first-order valence-electron chi connectivity index (χ1n) is 0.403. The van der Waals surface area contributed by atoms with Crippen LogP contribution < -0.4 is 0 Å². The summed E-state index contributed by atoms with van der Waals surface area (Å²) in [5, 5.41) is 0. The van der Waals surface area contributed by atoms with E-state index in [1.165, 1.54) is 0 Å². The predicted octanol–water partition coefficient (Wildman–Crippen LogP) is 1.50. The first kappa shape index (κ1) is 9.12. The van der Waals surface area contributed by atoms with Gasteiger partial charge in [-0.3, -0.25) is 0 Å². The Morgan fingerprint density at radius 1 is 1.50 bits per heavy atom. The van der Waals surface area contributed by atoms with E-state index < -0.39 is 0 Å². The van der Waals surface area contributed by atoms with Gasteiger partial charge in [0.25, 0.3) is 0 Å². The van der Waals surface area contributed by atoms with Gasteiger partial charge in [-0.25, -0.2) is 0 Å². The number of rotatable bonds is 0. The summed E-state index contributed by atoms with van der Waals surface area (Å²) in [5.41, 5.74) is 0. The van der Waals surface area contributed by atoms with E-state index in [1.54, 1.807) is 0 Å². The number of hydrogen-bond donors (Lipinski definition) is 0. The molecular formula is CH2AgIS. The topological polar surface area (TPSA) is 0 Å². The van der Waals surface area contributed by atoms with Gasteiger partial charge in [0, 0.05) is 0 Å². The summed E-state index contributed by atoms with van der Waals surface area (Å²) in [6.45, 7) is 0. The summed E-state index contributed by atoms with van der Waals surface area (Å²) in [4.78, 5) is 0. The molecule has 0 aliphatic carbocycles. The Hall–Kier alpha value is 1.56. The average Bonchev–Trinajstić information content (AvgIpc) is 1.50. The van der Waals surface area contributed by atoms with Crippen LogP contribution in [-0.4, -0.2) is 5.87 Å². The van der Waals surface area contributed by atoms with Gasteiger partial charge in [0.2, 0.25) is 0 Å². The van der Waals surface area contributed by atoms with Crippen molar-refractivity contribution in [3.8, 4) is 0 Å². The number of hydrogen-bond acceptors (Lipinski definition) is 1. The van der Waals surface area contributed by atoms with Crippen molar-refractivity contribution in [3.63, 3.8) is 0 Å². The molecule has 0 atom stereocenters. The molecule has 0 aromatic carbocycles. The zero-order chi connectivity index (χ0) is 4.00. The van der Waals surface area contributed by atoms with E-state index in [1.807, 2.05) is 19.0 Å². The molecule has 0 nitrogen and oxygen atoms in total. The van der Waals surface area contributed by atoms with Crippen molar-refractivity contribution >= 4 is 37.1 Å². The van der Waals surface area contributed by atoms with Gasteiger partial charge in [-0.1, -0.05) is 12.2 Å². The molecule has 0 radical (unpaired) electrons. The van der Waals surface area contributed by atoms with Gasteiger partial charge in [0.15, 0.2) is 0 Å². The SMILES string of the molecule is C=S.[Ag][I]. The molecule has 0 N–H and O–H groups in total. The zero-order valence-electron chi connectivity index (χ0n) is 1.79. The summed E-state index contributed by atoms with van der Waals surface area (Å²) < 4.78 is 0. The molecule has 0 aliphatic rings. The standard InChI is InChI=1S/CH2S.Ag.HI/c1-2;;/h1H2;;1H/q;+1;/p-1. The molecule has 4 heavy (non-hydrogen) atoms. The van der Waals surface area contributed by atoms with Gasteiger partial charge in [-0.15, -0.1) is 0 Å². The second-order valence-corrected chi connectivity index (χ2v) is 0. The van der Waals surface area contributed by atoms with Crippen LogP contribution >= 0.6 is 31.2 Å². The second kappa shape index (κ2) is 23.7. The Morgan fingerprint density at radius 3 is 1.50 bits per heavy atom. The molecule has 0 spiro atoms. The first-order chi connectivity index (χ1) is 2.00. The molecule has 30 valence electrons. The fraction of sp³-hybridized carbons (Fsp3) is 0. The zero-order valence-corrected chi connectivity index (χ0v) is 6.25. The van der Waals surface area contributed by atoms with Crippen LogP contribution in [0, 0.1) is 0 Å². The van der Waals surface area contributed by atoms with Crippen molar-refractivity contribution < 1.29 is 17.3 Å². The molecule has 0 saturated heterocycles. The molecule has 0 fully saturated rings. The van der Waals surface area contributed by atoms with Gasteiger partial charge in [-0.05, 0) is 5.87 Å². The average molecular weight is 281 g/mol. The van der Waals surface area contributed by atoms with E-state index in [2.05, 4.69) is 35.3 Å². The number of thiocarbonyl (C=S) groups is 1. The normalized spacial score (nSPS) is 2.75. The maximum atomic E-state index is 3.83. The van der Waals surface area contributed by atoms with Gasteiger partial charge >= 0.3 is 36.3 Å². The van der Waals surface area contributed by atoms with Crippen LogP contribution in [0.4, 0.5) is 0 Å². The van der Waals surface area contributed by atoms with E-state index in [-0.39, 0.29) is 0 Å². The van der Waals surface area contributed by atoms with Crippen LogP contribution in [0.25, 0.3) is 0 Å². The molecule has 0 bridgehead atoms. The molecule has 0 rings (SSSR count). The Bertz CT molecular complexity index is 8.00. The molecule has 0 aromatic rings. The molecule has 0 saturated carbocycles. The van der Waals surface area contributed by atoms with Crippen molar-refractivity contribution in [1.82, 2.24) is 0 Å². The predicted molar refractivity (Wildman–Crippen MR) is 28.7 cm³/mol. The number of halogens is 1. The van der Waals surface area contributed by atoms with Gasteiger partial charge < -0.3 is 0 Å². The summed E-state index contributed by atoms with van der Waals surface area (Å²) in [6, 6.07) is 0. The molecule has 3 heteroatoms. The minimum absolute atomic E-state index is 1.96. The van der Waals surface area contributed by atoms with Crippen LogP contribution in [0.5, 0.6) is 0 Å². The summed E-state index contributed by atoms with van der Waals surface area (Å²) >= 11 is 8.71. The third-order valence-corrected chi connectivity index (χ3v) is 0. The van der Waals surface area contributed by atoms with Crippen LogP contribution in [0.15, 0.2) is 0 Å². The fourth-order valence-corrected chi connectivity index (χ4v) is 0. The van der Waals surface area contributed by atoms with Crippen LogP contribution in [0.2, 0.25) is 0 Å². The Labute approximate surface area is 53.8 Å². The fourth-order valence-electron chi connectivity index (χ4n) is 0. The quantitative estimate of drug-likeness (QED) is 0.368. The molecule has 0 heterocycles. The van der Waals surface area contributed by atoms with Crippen molar-refractivity contribution in [1.29, 1.82) is 0 Å². The molecule has 0 amide bonds. The Balaban J connectivity index is 0. The van der Waals surface area contributed by atoms with Gasteiger partial charge in [0.1, 0.15) is 0 Å². The van der Waals surface area contributed by atoms with E-state index in [0.29, 0.717) is 0 Å². The van der Waals surface area contributed by atoms with Crippen molar-refractivity contribution in [2.24, 2.45) is 0 Å². The molecule has 0 aromatic heterocycles. The van der Waals surface area contributed by atoms with Crippen LogP contribution in [0.3, 0.4) is 0 Å². The van der Waals surface area contributed by atoms with E-state index >= 15 is 0 Å². The monoisotopic (exact) mass is 280 g/mol. The van der Waals surface area contributed by atoms with E-state index in [0.717, 1.165) is 0 Å².